The zero-order chi connectivity index (χ0) is 15.7. The van der Waals surface area contributed by atoms with Gasteiger partial charge in [-0.1, -0.05) is 0 Å². The Morgan fingerprint density at radius 3 is 2.43 bits per heavy atom. The summed E-state index contributed by atoms with van der Waals surface area (Å²) in [6.45, 7) is 2.04. The Hall–Kier alpha value is -1.43. The molecule has 1 saturated carbocycles. The number of benzene rings is 1. The Balaban J connectivity index is 2.39. The van der Waals surface area contributed by atoms with Gasteiger partial charge in [-0.25, -0.2) is 4.39 Å². The predicted molar refractivity (Wildman–Crippen MR) is 68.6 cm³/mol. The molecule has 1 aliphatic rings. The zero-order valence-electron chi connectivity index (χ0n) is 11.6. The summed E-state index contributed by atoms with van der Waals surface area (Å²) >= 11 is 0. The summed E-state index contributed by atoms with van der Waals surface area (Å²) in [5.74, 6) is -1.87. The third-order valence-corrected chi connectivity index (χ3v) is 3.78. The lowest BCUT2D eigenvalue weighted by molar-refractivity contribution is -0.140. The van der Waals surface area contributed by atoms with Gasteiger partial charge in [-0.2, -0.15) is 13.2 Å². The van der Waals surface area contributed by atoms with E-state index >= 15 is 0 Å². The molecule has 0 atom stereocenters. The van der Waals surface area contributed by atoms with Gasteiger partial charge in [0.2, 0.25) is 0 Å². The van der Waals surface area contributed by atoms with E-state index < -0.39 is 28.9 Å². The van der Waals surface area contributed by atoms with Gasteiger partial charge in [0.15, 0.2) is 5.78 Å². The van der Waals surface area contributed by atoms with E-state index in [1.807, 2.05) is 0 Å². The molecule has 1 aromatic rings. The Bertz CT molecular complexity index is 531. The standard InChI is InChI=1S/C15H16F4O2/c1-2-21-14(7-3-4-8-14)13(20)10-5-6-12(16)11(9-10)15(17,18)19/h5-6,9H,2-4,7-8H2,1H3. The summed E-state index contributed by atoms with van der Waals surface area (Å²) in [5.41, 5.74) is -2.63. The average Bonchev–Trinajstić information content (AvgIpc) is 2.87. The second-order valence-corrected chi connectivity index (χ2v) is 5.16. The summed E-state index contributed by atoms with van der Waals surface area (Å²) in [5, 5.41) is 0. The molecule has 0 radical (unpaired) electrons. The number of Topliss-reactive ketones (excluding diaryl/α,β-unsaturated/α-hetero) is 1. The van der Waals surface area contributed by atoms with Crippen LogP contribution in [0.5, 0.6) is 0 Å². The first-order valence-electron chi connectivity index (χ1n) is 6.86. The lowest BCUT2D eigenvalue weighted by Gasteiger charge is -2.27. The van der Waals surface area contributed by atoms with Crippen molar-refractivity contribution in [1.29, 1.82) is 0 Å². The molecule has 6 heteroatoms. The van der Waals surface area contributed by atoms with E-state index in [2.05, 4.69) is 0 Å². The first-order valence-corrected chi connectivity index (χ1v) is 6.86. The van der Waals surface area contributed by atoms with Crippen molar-refractivity contribution in [3.05, 3.63) is 35.1 Å². The minimum Gasteiger partial charge on any atom is -0.367 e. The highest BCUT2D eigenvalue weighted by molar-refractivity contribution is 6.02. The molecule has 0 amide bonds. The van der Waals surface area contributed by atoms with E-state index in [1.165, 1.54) is 0 Å². The molecule has 0 aliphatic heterocycles. The summed E-state index contributed by atoms with van der Waals surface area (Å²) in [4.78, 5) is 12.5. The van der Waals surface area contributed by atoms with Crippen LogP contribution in [0, 0.1) is 5.82 Å². The Labute approximate surface area is 120 Å². The number of ether oxygens (including phenoxy) is 1. The highest BCUT2D eigenvalue weighted by Gasteiger charge is 2.43. The lowest BCUT2D eigenvalue weighted by atomic mass is 9.90. The fourth-order valence-electron chi connectivity index (χ4n) is 2.81. The van der Waals surface area contributed by atoms with Crippen molar-refractivity contribution >= 4 is 5.78 Å². The van der Waals surface area contributed by atoms with Crippen LogP contribution < -0.4 is 0 Å². The van der Waals surface area contributed by atoms with E-state index in [0.717, 1.165) is 18.9 Å². The molecule has 0 unspecified atom stereocenters. The average molecular weight is 304 g/mol. The number of hydrogen-bond acceptors (Lipinski definition) is 2. The van der Waals surface area contributed by atoms with Crippen molar-refractivity contribution in [3.8, 4) is 0 Å². The molecule has 1 fully saturated rings. The number of hydrogen-bond donors (Lipinski definition) is 0. The Morgan fingerprint density at radius 2 is 1.90 bits per heavy atom. The minimum atomic E-state index is -4.82. The van der Waals surface area contributed by atoms with Crippen LogP contribution in [0.25, 0.3) is 0 Å². The highest BCUT2D eigenvalue weighted by Crippen LogP contribution is 2.38. The number of alkyl halides is 3. The van der Waals surface area contributed by atoms with Crippen LogP contribution in [0.4, 0.5) is 17.6 Å². The number of ketones is 1. The van der Waals surface area contributed by atoms with Crippen LogP contribution in [0.15, 0.2) is 18.2 Å². The van der Waals surface area contributed by atoms with Crippen molar-refractivity contribution in [3.63, 3.8) is 0 Å². The van der Waals surface area contributed by atoms with Crippen LogP contribution in [0.2, 0.25) is 0 Å². The van der Waals surface area contributed by atoms with E-state index in [4.69, 9.17) is 4.74 Å². The highest BCUT2D eigenvalue weighted by atomic mass is 19.4. The van der Waals surface area contributed by atoms with Gasteiger partial charge in [0.05, 0.1) is 5.56 Å². The van der Waals surface area contributed by atoms with Gasteiger partial charge in [-0.15, -0.1) is 0 Å². The maximum Gasteiger partial charge on any atom is 0.419 e. The maximum atomic E-state index is 13.3. The van der Waals surface area contributed by atoms with Crippen LogP contribution >= 0.6 is 0 Å². The first-order chi connectivity index (χ1) is 9.80. The zero-order valence-corrected chi connectivity index (χ0v) is 11.6. The molecule has 0 spiro atoms. The quantitative estimate of drug-likeness (QED) is 0.609. The second-order valence-electron chi connectivity index (χ2n) is 5.16. The van der Waals surface area contributed by atoms with E-state index in [0.29, 0.717) is 31.6 Å². The van der Waals surface area contributed by atoms with Crippen molar-refractivity contribution in [2.45, 2.75) is 44.4 Å². The molecule has 116 valence electrons. The Kier molecular flexibility index (Phi) is 4.37. The first kappa shape index (κ1) is 15.9. The van der Waals surface area contributed by atoms with Crippen LogP contribution in [0.3, 0.4) is 0 Å². The fraction of sp³-hybridized carbons (Fsp3) is 0.533. The summed E-state index contributed by atoms with van der Waals surface area (Å²) in [6.07, 6.45) is -2.27. The van der Waals surface area contributed by atoms with Crippen LogP contribution in [-0.4, -0.2) is 18.0 Å². The summed E-state index contributed by atoms with van der Waals surface area (Å²) in [7, 11) is 0. The van der Waals surface area contributed by atoms with Crippen molar-refractivity contribution < 1.29 is 27.1 Å². The molecule has 21 heavy (non-hydrogen) atoms. The smallest absolute Gasteiger partial charge is 0.367 e. The molecule has 0 heterocycles. The molecule has 0 saturated heterocycles. The largest absolute Gasteiger partial charge is 0.419 e. The Morgan fingerprint density at radius 1 is 1.29 bits per heavy atom. The van der Waals surface area contributed by atoms with Crippen molar-refractivity contribution in [2.24, 2.45) is 0 Å². The number of halogens is 4. The molecule has 0 aromatic heterocycles. The van der Waals surface area contributed by atoms with Gasteiger partial charge < -0.3 is 4.74 Å². The van der Waals surface area contributed by atoms with Gasteiger partial charge in [-0.3, -0.25) is 4.79 Å². The monoisotopic (exact) mass is 304 g/mol. The topological polar surface area (TPSA) is 26.3 Å². The van der Waals surface area contributed by atoms with Crippen molar-refractivity contribution in [2.75, 3.05) is 6.61 Å². The second kappa shape index (κ2) is 5.75. The predicted octanol–water partition coefficient (Wildman–Crippen LogP) is 4.38. The van der Waals surface area contributed by atoms with Gasteiger partial charge in [-0.05, 0) is 50.8 Å². The summed E-state index contributed by atoms with van der Waals surface area (Å²) in [6, 6.07) is 2.35. The summed E-state index contributed by atoms with van der Waals surface area (Å²) < 4.78 is 57.0. The third-order valence-electron chi connectivity index (χ3n) is 3.78. The van der Waals surface area contributed by atoms with Gasteiger partial charge in [0.25, 0.3) is 0 Å². The van der Waals surface area contributed by atoms with Gasteiger partial charge >= 0.3 is 6.18 Å². The molecular formula is C15H16F4O2. The number of carbonyl (C=O) groups is 1. The molecule has 1 aromatic carbocycles. The van der Waals surface area contributed by atoms with Crippen molar-refractivity contribution in [1.82, 2.24) is 0 Å². The fourth-order valence-corrected chi connectivity index (χ4v) is 2.81. The molecular weight excluding hydrogens is 288 g/mol. The number of rotatable bonds is 4. The van der Waals surface area contributed by atoms with E-state index in [9.17, 15) is 22.4 Å². The molecule has 2 nitrogen and oxygen atoms in total. The van der Waals surface area contributed by atoms with E-state index in [-0.39, 0.29) is 5.56 Å². The molecule has 0 N–H and O–H groups in total. The number of carbonyl (C=O) groups excluding carboxylic acids is 1. The van der Waals surface area contributed by atoms with Crippen LogP contribution in [0.1, 0.15) is 48.5 Å². The third kappa shape index (κ3) is 3.10. The van der Waals surface area contributed by atoms with Gasteiger partial charge in [0, 0.05) is 12.2 Å². The van der Waals surface area contributed by atoms with E-state index in [1.54, 1.807) is 6.92 Å². The maximum absolute atomic E-state index is 13.3. The van der Waals surface area contributed by atoms with Crippen LogP contribution in [-0.2, 0) is 10.9 Å². The van der Waals surface area contributed by atoms with Gasteiger partial charge in [0.1, 0.15) is 11.4 Å². The minimum absolute atomic E-state index is 0.154. The SMILES string of the molecule is CCOC1(C(=O)c2ccc(F)c(C(F)(F)F)c2)CCCC1. The molecule has 2 rings (SSSR count). The lowest BCUT2D eigenvalue weighted by Crippen LogP contribution is -2.39. The normalized spacial score (nSPS) is 18.0. The molecule has 0 bridgehead atoms. The molecule has 1 aliphatic carbocycles.